The number of carboxylic acids is 1. The van der Waals surface area contributed by atoms with E-state index in [2.05, 4.69) is 20.9 Å². The molecule has 36 heavy (non-hydrogen) atoms. The Kier molecular flexibility index (Phi) is 7.48. The first-order chi connectivity index (χ1) is 16.8. The third kappa shape index (κ3) is 5.38. The number of rotatable bonds is 7. The minimum Gasteiger partial charge on any atom is -0.478 e. The van der Waals surface area contributed by atoms with Crippen molar-refractivity contribution in [2.75, 3.05) is 0 Å². The molecule has 2 heterocycles. The molecule has 0 fully saturated rings. The van der Waals surface area contributed by atoms with Crippen LogP contribution < -0.4 is 20.7 Å². The molecule has 0 aliphatic heterocycles. The van der Waals surface area contributed by atoms with Crippen LogP contribution in [0, 0.1) is 17.1 Å². The largest absolute Gasteiger partial charge is 0.478 e. The fourth-order valence-corrected chi connectivity index (χ4v) is 3.34. The zero-order valence-electron chi connectivity index (χ0n) is 17.9. The maximum atomic E-state index is 14.8. The van der Waals surface area contributed by atoms with Crippen molar-refractivity contribution >= 4 is 21.9 Å². The van der Waals surface area contributed by atoms with Crippen LogP contribution in [0.2, 0.25) is 0 Å². The maximum Gasteiger partial charge on any atom is 0.431 e. The van der Waals surface area contributed by atoms with Crippen molar-refractivity contribution in [1.82, 2.24) is 14.1 Å². The van der Waals surface area contributed by atoms with E-state index in [1.54, 1.807) is 6.07 Å². The van der Waals surface area contributed by atoms with Crippen LogP contribution in [0.15, 0.2) is 50.6 Å². The average molecular weight is 573 g/mol. The molecule has 1 unspecified atom stereocenters. The second kappa shape index (κ2) is 10.2. The van der Waals surface area contributed by atoms with Crippen molar-refractivity contribution in [3.63, 3.8) is 0 Å². The number of pyridine rings is 1. The third-order valence-corrected chi connectivity index (χ3v) is 5.23. The van der Waals surface area contributed by atoms with Crippen molar-refractivity contribution < 1.29 is 36.9 Å². The highest BCUT2D eigenvalue weighted by atomic mass is 79.9. The summed E-state index contributed by atoms with van der Waals surface area (Å²) in [6.45, 7) is 0. The summed E-state index contributed by atoms with van der Waals surface area (Å²) in [4.78, 5) is 40.1. The number of carboxylic acid groups (broad SMARTS) is 1. The molecule has 1 atom stereocenters. The predicted octanol–water partition coefficient (Wildman–Crippen LogP) is 3.39. The van der Waals surface area contributed by atoms with Crippen LogP contribution in [-0.2, 0) is 18.0 Å². The number of hydrogen-bond donors (Lipinski definition) is 1. The number of aliphatic carboxylic acids is 1. The number of alkyl halides is 3. The van der Waals surface area contributed by atoms with E-state index in [1.165, 1.54) is 18.3 Å². The number of halogens is 5. The Bertz CT molecular complexity index is 1500. The molecular weight excluding hydrogens is 560 g/mol. The molecule has 0 amide bonds. The number of aromatic nitrogens is 3. The number of nitrogens with zero attached hydrogens (tertiary/aromatic N) is 4. The van der Waals surface area contributed by atoms with Crippen LogP contribution in [0.25, 0.3) is 5.69 Å². The van der Waals surface area contributed by atoms with Gasteiger partial charge in [0, 0.05) is 25.4 Å². The Morgan fingerprint density at radius 3 is 2.58 bits per heavy atom. The summed E-state index contributed by atoms with van der Waals surface area (Å²) >= 11 is 3.04. The lowest BCUT2D eigenvalue weighted by atomic mass is 10.2. The van der Waals surface area contributed by atoms with E-state index in [9.17, 15) is 37.1 Å². The molecule has 188 valence electrons. The molecule has 3 rings (SSSR count). The number of carbonyl (C=O) groups is 1. The summed E-state index contributed by atoms with van der Waals surface area (Å²) in [5.74, 6) is -3.36. The number of ether oxygens (including phenoxy) is 2. The summed E-state index contributed by atoms with van der Waals surface area (Å²) in [6.07, 6.45) is -5.87. The van der Waals surface area contributed by atoms with E-state index in [0.29, 0.717) is 0 Å². The van der Waals surface area contributed by atoms with Crippen LogP contribution in [0.5, 0.6) is 17.4 Å². The summed E-state index contributed by atoms with van der Waals surface area (Å²) in [6, 6.07) is 6.16. The van der Waals surface area contributed by atoms with Crippen LogP contribution in [-0.4, -0.2) is 31.3 Å². The first-order valence-corrected chi connectivity index (χ1v) is 10.4. The van der Waals surface area contributed by atoms with Gasteiger partial charge in [0.1, 0.15) is 17.3 Å². The highest BCUT2D eigenvalue weighted by molar-refractivity contribution is 9.10. The minimum atomic E-state index is -5.01. The molecule has 15 heteroatoms. The SMILES string of the molecule is Cn1c(C(F)(F)F)cc(=O)n(-c2cc(Oc3cccnc3OC(CC#N)C(=O)O)c(Br)cc2F)c1=O. The van der Waals surface area contributed by atoms with Crippen molar-refractivity contribution in [3.8, 4) is 29.1 Å². The van der Waals surface area contributed by atoms with Crippen LogP contribution in [0.4, 0.5) is 17.6 Å². The van der Waals surface area contributed by atoms with Crippen molar-refractivity contribution in [1.29, 1.82) is 5.26 Å². The number of benzene rings is 1. The molecule has 0 spiro atoms. The van der Waals surface area contributed by atoms with E-state index < -0.39 is 53.1 Å². The molecular formula is C21H13BrF4N4O6. The smallest absolute Gasteiger partial charge is 0.431 e. The van der Waals surface area contributed by atoms with Gasteiger partial charge in [0.05, 0.1) is 22.7 Å². The topological polar surface area (TPSA) is 136 Å². The summed E-state index contributed by atoms with van der Waals surface area (Å²) < 4.78 is 65.3. The molecule has 0 aliphatic carbocycles. The normalized spacial score (nSPS) is 12.0. The van der Waals surface area contributed by atoms with Gasteiger partial charge in [-0.25, -0.2) is 23.5 Å². The average Bonchev–Trinajstić information content (AvgIpc) is 2.79. The lowest BCUT2D eigenvalue weighted by molar-refractivity contribution is -0.145. The van der Waals surface area contributed by atoms with E-state index in [-0.39, 0.29) is 37.1 Å². The van der Waals surface area contributed by atoms with Gasteiger partial charge < -0.3 is 14.6 Å². The molecule has 0 radical (unpaired) electrons. The monoisotopic (exact) mass is 572 g/mol. The van der Waals surface area contributed by atoms with E-state index in [0.717, 1.165) is 19.2 Å². The van der Waals surface area contributed by atoms with Gasteiger partial charge in [0.2, 0.25) is 6.10 Å². The van der Waals surface area contributed by atoms with Crippen molar-refractivity contribution in [3.05, 3.63) is 73.4 Å². The van der Waals surface area contributed by atoms with Crippen molar-refractivity contribution in [2.24, 2.45) is 7.05 Å². The molecule has 3 aromatic rings. The Labute approximate surface area is 206 Å². The molecule has 10 nitrogen and oxygen atoms in total. The van der Waals surface area contributed by atoms with Gasteiger partial charge in [0.25, 0.3) is 11.4 Å². The Morgan fingerprint density at radius 1 is 1.28 bits per heavy atom. The molecule has 0 bridgehead atoms. The highest BCUT2D eigenvalue weighted by Gasteiger charge is 2.35. The fraction of sp³-hybridized carbons (Fsp3) is 0.190. The van der Waals surface area contributed by atoms with Crippen LogP contribution in [0.1, 0.15) is 12.1 Å². The van der Waals surface area contributed by atoms with Gasteiger partial charge in [-0.15, -0.1) is 0 Å². The second-order valence-electron chi connectivity index (χ2n) is 6.99. The van der Waals surface area contributed by atoms with Gasteiger partial charge in [0.15, 0.2) is 5.75 Å². The fourth-order valence-electron chi connectivity index (χ4n) is 2.95. The maximum absolute atomic E-state index is 14.8. The van der Waals surface area contributed by atoms with Gasteiger partial charge in [-0.05, 0) is 34.1 Å². The third-order valence-electron chi connectivity index (χ3n) is 4.61. The van der Waals surface area contributed by atoms with E-state index >= 15 is 0 Å². The van der Waals surface area contributed by atoms with Gasteiger partial charge in [-0.3, -0.25) is 9.36 Å². The Morgan fingerprint density at radius 2 is 1.97 bits per heavy atom. The zero-order valence-corrected chi connectivity index (χ0v) is 19.5. The van der Waals surface area contributed by atoms with Gasteiger partial charge >= 0.3 is 17.8 Å². The predicted molar refractivity (Wildman–Crippen MR) is 117 cm³/mol. The van der Waals surface area contributed by atoms with E-state index in [1.807, 2.05) is 0 Å². The molecule has 1 aromatic carbocycles. The van der Waals surface area contributed by atoms with Crippen LogP contribution >= 0.6 is 15.9 Å². The van der Waals surface area contributed by atoms with Crippen molar-refractivity contribution in [2.45, 2.75) is 18.7 Å². The zero-order chi connectivity index (χ0) is 26.8. The lowest BCUT2D eigenvalue weighted by Gasteiger charge is -2.17. The Balaban J connectivity index is 2.10. The van der Waals surface area contributed by atoms with Gasteiger partial charge in [-0.2, -0.15) is 18.4 Å². The first kappa shape index (κ1) is 26.4. The van der Waals surface area contributed by atoms with Gasteiger partial charge in [-0.1, -0.05) is 0 Å². The summed E-state index contributed by atoms with van der Waals surface area (Å²) in [7, 11) is 0.772. The Hall–Kier alpha value is -4.19. The first-order valence-electron chi connectivity index (χ1n) is 9.64. The standard InChI is InChI=1S/C21H13BrF4N4O6/c1-29-16(21(24,25)26)9-17(31)30(20(29)34)12-8-15(10(22)7-11(12)23)35-13-3-2-6-28-18(13)36-14(4-5-27)19(32)33/h2-3,6-9,14H,4H2,1H3,(H,32,33). The molecule has 0 saturated carbocycles. The molecule has 0 saturated heterocycles. The minimum absolute atomic E-state index is 0.0397. The molecule has 0 aliphatic rings. The molecule has 1 N–H and O–H groups in total. The quantitative estimate of drug-likeness (QED) is 0.425. The van der Waals surface area contributed by atoms with Crippen LogP contribution in [0.3, 0.4) is 0 Å². The number of nitriles is 1. The second-order valence-corrected chi connectivity index (χ2v) is 7.85. The summed E-state index contributed by atoms with van der Waals surface area (Å²) in [5.41, 5.74) is -5.14. The number of hydrogen-bond acceptors (Lipinski definition) is 7. The summed E-state index contributed by atoms with van der Waals surface area (Å²) in [5, 5.41) is 18.0. The molecule has 2 aromatic heterocycles. The van der Waals surface area contributed by atoms with E-state index in [4.69, 9.17) is 14.7 Å². The lowest BCUT2D eigenvalue weighted by Crippen LogP contribution is -2.41. The highest BCUT2D eigenvalue weighted by Crippen LogP contribution is 2.36.